The smallest absolute Gasteiger partial charge is 0.338 e. The van der Waals surface area contributed by atoms with Crippen molar-refractivity contribution >= 4 is 17.9 Å². The Kier molecular flexibility index (Phi) is 6.41. The van der Waals surface area contributed by atoms with Crippen LogP contribution in [0.4, 0.5) is 4.79 Å². The van der Waals surface area contributed by atoms with Crippen LogP contribution in [0, 0.1) is 0 Å². The number of urea groups is 1. The lowest BCUT2D eigenvalue weighted by atomic mass is 10.0. The number of phenolic OH excluding ortho intramolecular Hbond substituents is 1. The van der Waals surface area contributed by atoms with Gasteiger partial charge in [-0.3, -0.25) is 10.1 Å². The van der Waals surface area contributed by atoms with Crippen molar-refractivity contribution in [1.82, 2.24) is 10.6 Å². The number of imide groups is 1. The highest BCUT2D eigenvalue weighted by Gasteiger charge is 2.22. The molecule has 7 heteroatoms. The largest absolute Gasteiger partial charge is 0.508 e. The van der Waals surface area contributed by atoms with E-state index in [-0.39, 0.29) is 11.3 Å². The number of aromatic hydroxyl groups is 1. The monoisotopic (exact) mass is 384 g/mol. The van der Waals surface area contributed by atoms with E-state index in [1.165, 1.54) is 6.92 Å². The van der Waals surface area contributed by atoms with E-state index in [1.54, 1.807) is 69.3 Å². The Morgan fingerprint density at radius 2 is 1.43 bits per heavy atom. The van der Waals surface area contributed by atoms with Crippen molar-refractivity contribution in [3.05, 3.63) is 54.1 Å². The summed E-state index contributed by atoms with van der Waals surface area (Å²) in [6.07, 6.45) is -1.13. The van der Waals surface area contributed by atoms with Crippen LogP contribution in [0.1, 0.15) is 38.1 Å². The van der Waals surface area contributed by atoms with Gasteiger partial charge in [-0.25, -0.2) is 9.59 Å². The minimum absolute atomic E-state index is 0.174. The van der Waals surface area contributed by atoms with Crippen molar-refractivity contribution in [3.8, 4) is 16.9 Å². The number of benzene rings is 2. The first-order valence-corrected chi connectivity index (χ1v) is 8.78. The quantitative estimate of drug-likeness (QED) is 0.702. The fourth-order valence-electron chi connectivity index (χ4n) is 2.32. The summed E-state index contributed by atoms with van der Waals surface area (Å²) in [5, 5.41) is 14.1. The SMILES string of the molecule is C[C@@H](OC(=O)c1ccc(-c2ccc(O)cc2)cc1)C(=O)NC(=O)NC(C)(C)C. The average Bonchev–Trinajstić information content (AvgIpc) is 2.60. The normalized spacial score (nSPS) is 12.0. The van der Waals surface area contributed by atoms with Gasteiger partial charge in [0.2, 0.25) is 0 Å². The Morgan fingerprint density at radius 3 is 1.93 bits per heavy atom. The van der Waals surface area contributed by atoms with Gasteiger partial charge in [0.25, 0.3) is 5.91 Å². The molecule has 0 aliphatic heterocycles. The van der Waals surface area contributed by atoms with Gasteiger partial charge in [-0.05, 0) is 63.1 Å². The zero-order chi connectivity index (χ0) is 20.9. The molecule has 0 radical (unpaired) electrons. The van der Waals surface area contributed by atoms with Crippen molar-refractivity contribution in [3.63, 3.8) is 0 Å². The van der Waals surface area contributed by atoms with E-state index in [1.807, 2.05) is 0 Å². The number of nitrogens with one attached hydrogen (secondary N) is 2. The molecular weight excluding hydrogens is 360 g/mol. The molecule has 0 saturated carbocycles. The Labute approximate surface area is 163 Å². The van der Waals surface area contributed by atoms with E-state index < -0.39 is 29.6 Å². The second-order valence-electron chi connectivity index (χ2n) is 7.37. The molecule has 3 amide bonds. The van der Waals surface area contributed by atoms with E-state index >= 15 is 0 Å². The molecule has 7 nitrogen and oxygen atoms in total. The first-order chi connectivity index (χ1) is 13.0. The molecule has 0 fully saturated rings. The molecule has 0 aliphatic carbocycles. The fourth-order valence-corrected chi connectivity index (χ4v) is 2.32. The summed E-state index contributed by atoms with van der Waals surface area (Å²) in [7, 11) is 0. The van der Waals surface area contributed by atoms with E-state index in [2.05, 4.69) is 10.6 Å². The Bertz CT molecular complexity index is 852. The van der Waals surface area contributed by atoms with Crippen molar-refractivity contribution in [2.45, 2.75) is 39.3 Å². The topological polar surface area (TPSA) is 105 Å². The summed E-state index contributed by atoms with van der Waals surface area (Å²) in [6, 6.07) is 12.7. The van der Waals surface area contributed by atoms with Gasteiger partial charge in [0.05, 0.1) is 5.56 Å². The third-order valence-electron chi connectivity index (χ3n) is 3.70. The molecule has 2 aromatic rings. The summed E-state index contributed by atoms with van der Waals surface area (Å²) < 4.78 is 5.13. The van der Waals surface area contributed by atoms with Gasteiger partial charge in [-0.15, -0.1) is 0 Å². The summed E-state index contributed by atoms with van der Waals surface area (Å²) in [5.74, 6) is -1.21. The van der Waals surface area contributed by atoms with Crippen LogP contribution < -0.4 is 10.6 Å². The maximum atomic E-state index is 12.2. The molecule has 0 aromatic heterocycles. The summed E-state index contributed by atoms with van der Waals surface area (Å²) in [5.41, 5.74) is 1.53. The van der Waals surface area contributed by atoms with Crippen LogP contribution in [0.3, 0.4) is 0 Å². The molecule has 0 aliphatic rings. The van der Waals surface area contributed by atoms with E-state index in [0.29, 0.717) is 0 Å². The number of hydrogen-bond acceptors (Lipinski definition) is 5. The molecular formula is C21H24N2O5. The molecule has 0 unspecified atom stereocenters. The van der Waals surface area contributed by atoms with E-state index in [0.717, 1.165) is 11.1 Å². The number of esters is 1. The van der Waals surface area contributed by atoms with Crippen molar-refractivity contribution in [2.75, 3.05) is 0 Å². The minimum Gasteiger partial charge on any atom is -0.508 e. The standard InChI is InChI=1S/C21H24N2O5/c1-13(18(25)22-20(27)23-21(2,3)4)28-19(26)16-7-5-14(6-8-16)15-9-11-17(24)12-10-15/h5-13,24H,1-4H3,(H2,22,23,25,27)/t13-/m1/s1. The predicted octanol–water partition coefficient (Wildman–Crippen LogP) is 3.23. The molecule has 148 valence electrons. The highest BCUT2D eigenvalue weighted by Crippen LogP contribution is 2.22. The van der Waals surface area contributed by atoms with Gasteiger partial charge in [0.15, 0.2) is 6.10 Å². The molecule has 2 rings (SSSR count). The zero-order valence-electron chi connectivity index (χ0n) is 16.3. The zero-order valence-corrected chi connectivity index (χ0v) is 16.3. The Hall–Kier alpha value is -3.35. The molecule has 2 aromatic carbocycles. The lowest BCUT2D eigenvalue weighted by Crippen LogP contribution is -2.50. The van der Waals surface area contributed by atoms with Gasteiger partial charge in [0.1, 0.15) is 5.75 Å². The number of hydrogen-bond donors (Lipinski definition) is 3. The summed E-state index contributed by atoms with van der Waals surface area (Å²) in [6.45, 7) is 6.73. The van der Waals surface area contributed by atoms with Crippen LogP contribution >= 0.6 is 0 Å². The highest BCUT2D eigenvalue weighted by atomic mass is 16.5. The molecule has 28 heavy (non-hydrogen) atoms. The number of amides is 3. The third-order valence-corrected chi connectivity index (χ3v) is 3.70. The van der Waals surface area contributed by atoms with Crippen LogP contribution in [-0.4, -0.2) is 34.7 Å². The lowest BCUT2D eigenvalue weighted by Gasteiger charge is -2.21. The van der Waals surface area contributed by atoms with Crippen LogP contribution in [0.5, 0.6) is 5.75 Å². The summed E-state index contributed by atoms with van der Waals surface area (Å²) >= 11 is 0. The molecule has 0 spiro atoms. The van der Waals surface area contributed by atoms with Gasteiger partial charge in [-0.1, -0.05) is 24.3 Å². The average molecular weight is 384 g/mol. The maximum absolute atomic E-state index is 12.2. The van der Waals surface area contributed by atoms with Crippen molar-refractivity contribution in [2.24, 2.45) is 0 Å². The molecule has 1 atom stereocenters. The van der Waals surface area contributed by atoms with Gasteiger partial charge in [0, 0.05) is 5.54 Å². The number of carbonyl (C=O) groups is 3. The first kappa shape index (κ1) is 21.0. The number of phenols is 1. The Balaban J connectivity index is 1.95. The maximum Gasteiger partial charge on any atom is 0.338 e. The van der Waals surface area contributed by atoms with Crippen molar-refractivity contribution in [1.29, 1.82) is 0 Å². The Morgan fingerprint density at radius 1 is 0.929 bits per heavy atom. The second-order valence-corrected chi connectivity index (χ2v) is 7.37. The van der Waals surface area contributed by atoms with Crippen LogP contribution in [0.25, 0.3) is 11.1 Å². The van der Waals surface area contributed by atoms with Crippen LogP contribution in [0.15, 0.2) is 48.5 Å². The number of carbonyl (C=O) groups excluding carboxylic acids is 3. The van der Waals surface area contributed by atoms with Crippen LogP contribution in [0.2, 0.25) is 0 Å². The molecule has 0 heterocycles. The van der Waals surface area contributed by atoms with E-state index in [9.17, 15) is 19.5 Å². The van der Waals surface area contributed by atoms with Crippen molar-refractivity contribution < 1.29 is 24.2 Å². The molecule has 0 saturated heterocycles. The van der Waals surface area contributed by atoms with E-state index in [4.69, 9.17) is 4.74 Å². The molecule has 3 N–H and O–H groups in total. The number of rotatable bonds is 4. The first-order valence-electron chi connectivity index (χ1n) is 8.78. The van der Waals surface area contributed by atoms with Crippen LogP contribution in [-0.2, 0) is 9.53 Å². The second kappa shape index (κ2) is 8.56. The lowest BCUT2D eigenvalue weighted by molar-refractivity contribution is -0.127. The highest BCUT2D eigenvalue weighted by molar-refractivity contribution is 5.98. The fraction of sp³-hybridized carbons (Fsp3) is 0.286. The third kappa shape index (κ3) is 6.12. The molecule has 0 bridgehead atoms. The van der Waals surface area contributed by atoms with Gasteiger partial charge in [-0.2, -0.15) is 0 Å². The predicted molar refractivity (Wildman–Crippen MR) is 105 cm³/mol. The number of ether oxygens (including phenoxy) is 1. The summed E-state index contributed by atoms with van der Waals surface area (Å²) in [4.78, 5) is 36.0. The van der Waals surface area contributed by atoms with Gasteiger partial charge < -0.3 is 15.2 Å². The van der Waals surface area contributed by atoms with Gasteiger partial charge >= 0.3 is 12.0 Å². The minimum atomic E-state index is -1.13.